The first-order chi connectivity index (χ1) is 11.6. The van der Waals surface area contributed by atoms with E-state index in [0.717, 1.165) is 24.1 Å². The molecule has 1 aromatic heterocycles. The molecule has 6 heteroatoms. The summed E-state index contributed by atoms with van der Waals surface area (Å²) >= 11 is 0. The van der Waals surface area contributed by atoms with Gasteiger partial charge in [-0.15, -0.1) is 0 Å². The molecule has 1 unspecified atom stereocenters. The molecule has 1 aliphatic carbocycles. The summed E-state index contributed by atoms with van der Waals surface area (Å²) in [6.07, 6.45) is 5.34. The van der Waals surface area contributed by atoms with Crippen molar-refractivity contribution in [3.05, 3.63) is 54.4 Å². The molecule has 0 saturated heterocycles. The quantitative estimate of drug-likeness (QED) is 0.789. The van der Waals surface area contributed by atoms with Gasteiger partial charge in [0.1, 0.15) is 0 Å². The number of anilines is 2. The molecule has 3 amide bonds. The molecular formula is C18H20N4O2. The minimum Gasteiger partial charge on any atom is -0.331 e. The summed E-state index contributed by atoms with van der Waals surface area (Å²) in [6.45, 7) is 1.91. The Bertz CT molecular complexity index is 712. The number of urea groups is 1. The Morgan fingerprint density at radius 2 is 1.58 bits per heavy atom. The van der Waals surface area contributed by atoms with Gasteiger partial charge in [0.05, 0.1) is 6.04 Å². The number of nitrogens with zero attached hydrogens (tertiary/aromatic N) is 1. The highest BCUT2D eigenvalue weighted by atomic mass is 16.2. The first kappa shape index (κ1) is 16.0. The molecule has 1 fully saturated rings. The number of pyridine rings is 1. The topological polar surface area (TPSA) is 83.1 Å². The number of aromatic nitrogens is 1. The summed E-state index contributed by atoms with van der Waals surface area (Å²) in [5.41, 5.74) is 2.39. The lowest BCUT2D eigenvalue weighted by Gasteiger charge is -2.15. The Hall–Kier alpha value is -2.89. The molecule has 0 bridgehead atoms. The molecular weight excluding hydrogens is 304 g/mol. The van der Waals surface area contributed by atoms with Gasteiger partial charge in [-0.25, -0.2) is 4.79 Å². The van der Waals surface area contributed by atoms with E-state index < -0.39 is 0 Å². The second kappa shape index (κ2) is 7.12. The minimum absolute atomic E-state index is 0.0691. The van der Waals surface area contributed by atoms with Gasteiger partial charge in [-0.2, -0.15) is 0 Å². The van der Waals surface area contributed by atoms with Crippen LogP contribution in [0.1, 0.15) is 31.4 Å². The fourth-order valence-electron chi connectivity index (χ4n) is 2.33. The third-order valence-electron chi connectivity index (χ3n) is 3.91. The summed E-state index contributed by atoms with van der Waals surface area (Å²) in [4.78, 5) is 27.7. The zero-order valence-electron chi connectivity index (χ0n) is 13.5. The van der Waals surface area contributed by atoms with E-state index in [1.165, 1.54) is 0 Å². The van der Waals surface area contributed by atoms with Crippen LogP contribution in [0.15, 0.2) is 48.8 Å². The summed E-state index contributed by atoms with van der Waals surface area (Å²) in [7, 11) is 0. The maximum Gasteiger partial charge on any atom is 0.319 e. The van der Waals surface area contributed by atoms with Crippen LogP contribution < -0.4 is 16.0 Å². The number of carbonyl (C=O) groups excluding carboxylic acids is 2. The van der Waals surface area contributed by atoms with E-state index in [1.807, 2.05) is 19.1 Å². The number of benzene rings is 1. The van der Waals surface area contributed by atoms with Crippen molar-refractivity contribution in [2.45, 2.75) is 25.8 Å². The molecule has 3 N–H and O–H groups in total. The normalized spacial score (nSPS) is 14.5. The van der Waals surface area contributed by atoms with E-state index in [9.17, 15) is 9.59 Å². The smallest absolute Gasteiger partial charge is 0.319 e. The van der Waals surface area contributed by atoms with Crippen molar-refractivity contribution in [3.8, 4) is 0 Å². The summed E-state index contributed by atoms with van der Waals surface area (Å²) in [5, 5.41) is 8.51. The first-order valence-electron chi connectivity index (χ1n) is 8.00. The van der Waals surface area contributed by atoms with Crippen molar-refractivity contribution in [3.63, 3.8) is 0 Å². The predicted molar refractivity (Wildman–Crippen MR) is 92.6 cm³/mol. The summed E-state index contributed by atoms with van der Waals surface area (Å²) in [6, 6.07) is 10.4. The molecule has 6 nitrogen and oxygen atoms in total. The van der Waals surface area contributed by atoms with Crippen LogP contribution in [0.4, 0.5) is 16.2 Å². The number of rotatable bonds is 5. The molecule has 0 spiro atoms. The van der Waals surface area contributed by atoms with Crippen LogP contribution in [0.5, 0.6) is 0 Å². The fourth-order valence-corrected chi connectivity index (χ4v) is 2.33. The van der Waals surface area contributed by atoms with Crippen molar-refractivity contribution >= 4 is 23.3 Å². The average molecular weight is 324 g/mol. The van der Waals surface area contributed by atoms with E-state index >= 15 is 0 Å². The number of nitrogens with one attached hydrogen (secondary N) is 3. The van der Waals surface area contributed by atoms with E-state index in [1.54, 1.807) is 36.7 Å². The third kappa shape index (κ3) is 4.32. The largest absolute Gasteiger partial charge is 0.331 e. The van der Waals surface area contributed by atoms with Crippen LogP contribution in [-0.2, 0) is 4.79 Å². The van der Waals surface area contributed by atoms with Crippen molar-refractivity contribution in [1.29, 1.82) is 0 Å². The lowest BCUT2D eigenvalue weighted by Crippen LogP contribution is -2.31. The van der Waals surface area contributed by atoms with Crippen LogP contribution in [0.2, 0.25) is 0 Å². The summed E-state index contributed by atoms with van der Waals surface area (Å²) < 4.78 is 0. The van der Waals surface area contributed by atoms with Gasteiger partial charge in [-0.05, 0) is 61.7 Å². The van der Waals surface area contributed by atoms with Crippen LogP contribution in [0, 0.1) is 5.92 Å². The van der Waals surface area contributed by atoms with E-state index in [0.29, 0.717) is 5.69 Å². The van der Waals surface area contributed by atoms with Gasteiger partial charge < -0.3 is 16.0 Å². The standard InChI is InChI=1S/C18H20N4O2/c1-12(13-8-10-19-11-9-13)20-18(24)22-16-6-4-15(5-7-16)21-17(23)14-2-3-14/h4-12,14H,2-3H2,1H3,(H,21,23)(H2,20,22,24). The second-order valence-corrected chi connectivity index (χ2v) is 5.94. The monoisotopic (exact) mass is 324 g/mol. The van der Waals surface area contributed by atoms with Gasteiger partial charge in [0.25, 0.3) is 0 Å². The average Bonchev–Trinajstić information content (AvgIpc) is 3.42. The van der Waals surface area contributed by atoms with Crippen molar-refractivity contribution < 1.29 is 9.59 Å². The Kier molecular flexibility index (Phi) is 4.74. The Morgan fingerprint density at radius 1 is 1.00 bits per heavy atom. The zero-order chi connectivity index (χ0) is 16.9. The molecule has 0 radical (unpaired) electrons. The van der Waals surface area contributed by atoms with Crippen molar-refractivity contribution in [2.75, 3.05) is 10.6 Å². The molecule has 1 saturated carbocycles. The molecule has 3 rings (SSSR count). The van der Waals surface area contributed by atoms with Crippen LogP contribution in [0.25, 0.3) is 0 Å². The number of carbonyl (C=O) groups is 2. The Morgan fingerprint density at radius 3 is 2.17 bits per heavy atom. The van der Waals surface area contributed by atoms with Crippen molar-refractivity contribution in [2.24, 2.45) is 5.92 Å². The highest BCUT2D eigenvalue weighted by Gasteiger charge is 2.29. The Balaban J connectivity index is 1.51. The fraction of sp³-hybridized carbons (Fsp3) is 0.278. The number of hydrogen-bond donors (Lipinski definition) is 3. The molecule has 1 atom stereocenters. The SMILES string of the molecule is CC(NC(=O)Nc1ccc(NC(=O)C2CC2)cc1)c1ccncc1. The van der Waals surface area contributed by atoms with Crippen molar-refractivity contribution in [1.82, 2.24) is 10.3 Å². The first-order valence-corrected chi connectivity index (χ1v) is 8.00. The molecule has 0 aliphatic heterocycles. The molecule has 1 aliphatic rings. The third-order valence-corrected chi connectivity index (χ3v) is 3.91. The molecule has 2 aromatic rings. The number of amides is 3. The van der Waals surface area contributed by atoms with Crippen LogP contribution >= 0.6 is 0 Å². The van der Waals surface area contributed by atoms with Gasteiger partial charge in [0.15, 0.2) is 0 Å². The van der Waals surface area contributed by atoms with E-state index in [-0.39, 0.29) is 23.9 Å². The Labute approximate surface area is 140 Å². The van der Waals surface area contributed by atoms with Crippen LogP contribution in [-0.4, -0.2) is 16.9 Å². The molecule has 1 heterocycles. The molecule has 24 heavy (non-hydrogen) atoms. The van der Waals surface area contributed by atoms with E-state index in [4.69, 9.17) is 0 Å². The van der Waals surface area contributed by atoms with Gasteiger partial charge in [-0.3, -0.25) is 9.78 Å². The van der Waals surface area contributed by atoms with Gasteiger partial charge in [-0.1, -0.05) is 0 Å². The molecule has 1 aromatic carbocycles. The van der Waals surface area contributed by atoms with E-state index in [2.05, 4.69) is 20.9 Å². The number of hydrogen-bond acceptors (Lipinski definition) is 3. The predicted octanol–water partition coefficient (Wildman–Crippen LogP) is 3.31. The molecule has 124 valence electrons. The lowest BCUT2D eigenvalue weighted by atomic mass is 10.1. The lowest BCUT2D eigenvalue weighted by molar-refractivity contribution is -0.117. The van der Waals surface area contributed by atoms with Gasteiger partial charge in [0.2, 0.25) is 5.91 Å². The highest BCUT2D eigenvalue weighted by Crippen LogP contribution is 2.30. The second-order valence-electron chi connectivity index (χ2n) is 5.94. The van der Waals surface area contributed by atoms with Crippen LogP contribution in [0.3, 0.4) is 0 Å². The van der Waals surface area contributed by atoms with Gasteiger partial charge in [0, 0.05) is 29.7 Å². The van der Waals surface area contributed by atoms with Gasteiger partial charge >= 0.3 is 6.03 Å². The summed E-state index contributed by atoms with van der Waals surface area (Å²) in [5.74, 6) is 0.239. The highest BCUT2D eigenvalue weighted by molar-refractivity contribution is 5.94. The maximum atomic E-state index is 12.0. The zero-order valence-corrected chi connectivity index (χ0v) is 13.5. The minimum atomic E-state index is -0.283. The maximum absolute atomic E-state index is 12.0.